The van der Waals surface area contributed by atoms with E-state index in [2.05, 4.69) is 29.3 Å². The first-order valence-corrected chi connectivity index (χ1v) is 10.2. The van der Waals surface area contributed by atoms with Crippen LogP contribution in [0.5, 0.6) is 0 Å². The van der Waals surface area contributed by atoms with E-state index in [1.807, 2.05) is 23.1 Å². The van der Waals surface area contributed by atoms with Crippen molar-refractivity contribution < 1.29 is 14.3 Å². The summed E-state index contributed by atoms with van der Waals surface area (Å²) in [5.74, 6) is 1.02. The minimum Gasteiger partial charge on any atom is -0.375 e. The number of guanidine groups is 1. The zero-order valence-corrected chi connectivity index (χ0v) is 17.0. The number of hydrogen-bond donors (Lipinski definition) is 1. The van der Waals surface area contributed by atoms with Crippen molar-refractivity contribution in [2.75, 3.05) is 53.0 Å². The highest BCUT2D eigenvalue weighted by Gasteiger charge is 2.31. The first-order chi connectivity index (χ1) is 13.7. The normalized spacial score (nSPS) is 21.6. The zero-order chi connectivity index (χ0) is 19.8. The predicted molar refractivity (Wildman–Crippen MR) is 109 cm³/mol. The SMILES string of the molecule is CCNC(=NCC(OC)c1ccccc1)N1CCN(C(=O)C2CCCO2)CC1. The average Bonchev–Trinajstić information content (AvgIpc) is 3.29. The van der Waals surface area contributed by atoms with Gasteiger partial charge in [-0.05, 0) is 25.3 Å². The van der Waals surface area contributed by atoms with E-state index in [1.54, 1.807) is 7.11 Å². The second-order valence-corrected chi connectivity index (χ2v) is 7.14. The van der Waals surface area contributed by atoms with Gasteiger partial charge in [0.1, 0.15) is 12.2 Å². The number of hydrogen-bond acceptors (Lipinski definition) is 4. The Bertz CT molecular complexity index is 638. The Morgan fingerprint density at radius 2 is 1.96 bits per heavy atom. The smallest absolute Gasteiger partial charge is 0.251 e. The molecule has 2 atom stereocenters. The second-order valence-electron chi connectivity index (χ2n) is 7.14. The van der Waals surface area contributed by atoms with Crippen LogP contribution >= 0.6 is 0 Å². The highest BCUT2D eigenvalue weighted by atomic mass is 16.5. The van der Waals surface area contributed by atoms with Crippen molar-refractivity contribution in [3.63, 3.8) is 0 Å². The Kier molecular flexibility index (Phi) is 7.68. The largest absolute Gasteiger partial charge is 0.375 e. The minimum atomic E-state index is -0.234. The van der Waals surface area contributed by atoms with Crippen LogP contribution in [0.2, 0.25) is 0 Å². The first kappa shape index (κ1) is 20.6. The van der Waals surface area contributed by atoms with Crippen molar-refractivity contribution in [1.29, 1.82) is 0 Å². The molecule has 0 spiro atoms. The van der Waals surface area contributed by atoms with Gasteiger partial charge in [-0.1, -0.05) is 30.3 Å². The van der Waals surface area contributed by atoms with Crippen molar-refractivity contribution in [2.24, 2.45) is 4.99 Å². The molecule has 1 amide bonds. The molecule has 154 valence electrons. The third-order valence-corrected chi connectivity index (χ3v) is 5.29. The van der Waals surface area contributed by atoms with Crippen LogP contribution in [0, 0.1) is 0 Å². The summed E-state index contributed by atoms with van der Waals surface area (Å²) >= 11 is 0. The summed E-state index contributed by atoms with van der Waals surface area (Å²) in [7, 11) is 1.72. The molecule has 0 bridgehead atoms. The van der Waals surface area contributed by atoms with E-state index in [0.717, 1.165) is 44.0 Å². The van der Waals surface area contributed by atoms with Gasteiger partial charge in [0, 0.05) is 46.4 Å². The molecule has 0 radical (unpaired) electrons. The number of nitrogens with one attached hydrogen (secondary N) is 1. The molecule has 0 aromatic heterocycles. The number of aliphatic imine (C=N–C) groups is 1. The summed E-state index contributed by atoms with van der Waals surface area (Å²) in [6.45, 7) is 7.08. The Labute approximate surface area is 167 Å². The number of carbonyl (C=O) groups is 1. The number of rotatable bonds is 6. The van der Waals surface area contributed by atoms with Crippen molar-refractivity contribution in [1.82, 2.24) is 15.1 Å². The van der Waals surface area contributed by atoms with E-state index in [1.165, 1.54) is 0 Å². The Morgan fingerprint density at radius 3 is 2.57 bits per heavy atom. The molecule has 0 aliphatic carbocycles. The van der Waals surface area contributed by atoms with Crippen LogP contribution in [0.3, 0.4) is 0 Å². The molecule has 7 nitrogen and oxygen atoms in total. The fourth-order valence-corrected chi connectivity index (χ4v) is 3.69. The maximum absolute atomic E-state index is 12.5. The van der Waals surface area contributed by atoms with E-state index in [4.69, 9.17) is 14.5 Å². The molecule has 2 fully saturated rings. The molecule has 1 aromatic carbocycles. The minimum absolute atomic E-state index is 0.0720. The second kappa shape index (κ2) is 10.4. The third kappa shape index (κ3) is 5.23. The summed E-state index contributed by atoms with van der Waals surface area (Å²) in [5, 5.41) is 3.37. The van der Waals surface area contributed by atoms with Crippen molar-refractivity contribution in [3.05, 3.63) is 35.9 Å². The quantitative estimate of drug-likeness (QED) is 0.593. The number of carbonyl (C=O) groups excluding carboxylic acids is 1. The van der Waals surface area contributed by atoms with Gasteiger partial charge in [0.05, 0.1) is 6.54 Å². The number of amides is 1. The Morgan fingerprint density at radius 1 is 1.25 bits per heavy atom. The maximum Gasteiger partial charge on any atom is 0.251 e. The molecule has 0 saturated carbocycles. The van der Waals surface area contributed by atoms with Gasteiger partial charge in [0.2, 0.25) is 0 Å². The van der Waals surface area contributed by atoms with Crippen LogP contribution in [0.1, 0.15) is 31.4 Å². The summed E-state index contributed by atoms with van der Waals surface area (Å²) < 4.78 is 11.2. The molecule has 2 aliphatic heterocycles. The number of methoxy groups -OCH3 is 1. The topological polar surface area (TPSA) is 66.4 Å². The standard InChI is InChI=1S/C21H32N4O3/c1-3-22-21(23-16-19(27-2)17-8-5-4-6-9-17)25-13-11-24(12-14-25)20(26)18-10-7-15-28-18/h4-6,8-9,18-19H,3,7,10-16H2,1-2H3,(H,22,23). The van der Waals surface area contributed by atoms with E-state index in [0.29, 0.717) is 26.2 Å². The molecular weight excluding hydrogens is 356 g/mol. The lowest BCUT2D eigenvalue weighted by molar-refractivity contribution is -0.142. The fourth-order valence-electron chi connectivity index (χ4n) is 3.69. The molecule has 28 heavy (non-hydrogen) atoms. The molecule has 2 unspecified atom stereocenters. The maximum atomic E-state index is 12.5. The van der Waals surface area contributed by atoms with E-state index >= 15 is 0 Å². The van der Waals surface area contributed by atoms with Gasteiger partial charge >= 0.3 is 0 Å². The van der Waals surface area contributed by atoms with Crippen LogP contribution in [0.25, 0.3) is 0 Å². The zero-order valence-electron chi connectivity index (χ0n) is 17.0. The lowest BCUT2D eigenvalue weighted by Crippen LogP contribution is -2.55. The number of ether oxygens (including phenoxy) is 2. The van der Waals surface area contributed by atoms with Gasteiger partial charge in [-0.15, -0.1) is 0 Å². The molecule has 2 aliphatic rings. The average molecular weight is 389 g/mol. The van der Waals surface area contributed by atoms with Crippen LogP contribution in [0.15, 0.2) is 35.3 Å². The molecule has 7 heteroatoms. The highest BCUT2D eigenvalue weighted by Crippen LogP contribution is 2.18. The summed E-state index contributed by atoms with van der Waals surface area (Å²) in [6, 6.07) is 10.2. The van der Waals surface area contributed by atoms with Gasteiger partial charge in [-0.3, -0.25) is 9.79 Å². The van der Waals surface area contributed by atoms with Crippen molar-refractivity contribution >= 4 is 11.9 Å². The first-order valence-electron chi connectivity index (χ1n) is 10.2. The van der Waals surface area contributed by atoms with Gasteiger partial charge in [-0.2, -0.15) is 0 Å². The van der Waals surface area contributed by atoms with E-state index in [9.17, 15) is 4.79 Å². The number of nitrogens with zero attached hydrogens (tertiary/aromatic N) is 3. The lowest BCUT2D eigenvalue weighted by atomic mass is 10.1. The monoisotopic (exact) mass is 388 g/mol. The van der Waals surface area contributed by atoms with Gasteiger partial charge in [0.25, 0.3) is 5.91 Å². The molecule has 1 aromatic rings. The van der Waals surface area contributed by atoms with Crippen LogP contribution in [0.4, 0.5) is 0 Å². The lowest BCUT2D eigenvalue weighted by Gasteiger charge is -2.37. The summed E-state index contributed by atoms with van der Waals surface area (Å²) in [4.78, 5) is 21.5. The molecule has 2 heterocycles. The van der Waals surface area contributed by atoms with E-state index in [-0.39, 0.29) is 18.1 Å². The van der Waals surface area contributed by atoms with Crippen LogP contribution in [-0.2, 0) is 14.3 Å². The number of piperazine rings is 1. The van der Waals surface area contributed by atoms with Crippen LogP contribution < -0.4 is 5.32 Å². The van der Waals surface area contributed by atoms with Crippen molar-refractivity contribution in [2.45, 2.75) is 32.0 Å². The highest BCUT2D eigenvalue weighted by molar-refractivity contribution is 5.82. The predicted octanol–water partition coefficient (Wildman–Crippen LogP) is 1.66. The van der Waals surface area contributed by atoms with Gasteiger partial charge in [-0.25, -0.2) is 0 Å². The Balaban J connectivity index is 1.58. The molecule has 2 saturated heterocycles. The third-order valence-electron chi connectivity index (χ3n) is 5.29. The molecule has 1 N–H and O–H groups in total. The number of benzene rings is 1. The van der Waals surface area contributed by atoms with Gasteiger partial charge in [0.15, 0.2) is 5.96 Å². The van der Waals surface area contributed by atoms with Gasteiger partial charge < -0.3 is 24.6 Å². The van der Waals surface area contributed by atoms with E-state index < -0.39 is 0 Å². The fraction of sp³-hybridized carbons (Fsp3) is 0.619. The molecule has 3 rings (SSSR count). The summed E-state index contributed by atoms with van der Waals surface area (Å²) in [6.07, 6.45) is 1.52. The summed E-state index contributed by atoms with van der Waals surface area (Å²) in [5.41, 5.74) is 1.12. The Hall–Kier alpha value is -2.12. The van der Waals surface area contributed by atoms with Crippen molar-refractivity contribution in [3.8, 4) is 0 Å². The van der Waals surface area contributed by atoms with Crippen LogP contribution in [-0.4, -0.2) is 80.8 Å². The molecular formula is C21H32N4O3.